The minimum Gasteiger partial charge on any atom is -0.496 e. The van der Waals surface area contributed by atoms with Crippen LogP contribution in [0.4, 0.5) is 5.69 Å². The summed E-state index contributed by atoms with van der Waals surface area (Å²) < 4.78 is 5.36. The van der Waals surface area contributed by atoms with Crippen LogP contribution >= 0.6 is 0 Å². The van der Waals surface area contributed by atoms with Crippen molar-refractivity contribution >= 4 is 11.7 Å². The van der Waals surface area contributed by atoms with Crippen molar-refractivity contribution in [3.05, 3.63) is 22.8 Å². The van der Waals surface area contributed by atoms with Crippen LogP contribution in [0.1, 0.15) is 29.5 Å². The number of rotatable bonds is 6. The molecule has 0 radical (unpaired) electrons. The van der Waals surface area contributed by atoms with E-state index < -0.39 is 5.97 Å². The molecule has 0 saturated heterocycles. The molecular weight excluding hydrogens is 242 g/mol. The fourth-order valence-corrected chi connectivity index (χ4v) is 2.41. The standard InChI is InChI=1S/C15H23NO3/c1-10-9-13(19-5)11(2)12(3)15(10)16(4)8-6-7-14(17)18/h9H,6-8H2,1-5H3,(H,17,18). The van der Waals surface area contributed by atoms with Gasteiger partial charge >= 0.3 is 5.97 Å². The topological polar surface area (TPSA) is 49.8 Å². The highest BCUT2D eigenvalue weighted by atomic mass is 16.5. The lowest BCUT2D eigenvalue weighted by Gasteiger charge is -2.25. The second-order valence-electron chi connectivity index (χ2n) is 4.91. The number of hydrogen-bond donors (Lipinski definition) is 1. The second-order valence-corrected chi connectivity index (χ2v) is 4.91. The maximum absolute atomic E-state index is 10.6. The Balaban J connectivity index is 2.93. The lowest BCUT2D eigenvalue weighted by molar-refractivity contribution is -0.137. The number of hydrogen-bond acceptors (Lipinski definition) is 3. The third-order valence-corrected chi connectivity index (χ3v) is 3.49. The third-order valence-electron chi connectivity index (χ3n) is 3.49. The van der Waals surface area contributed by atoms with E-state index in [0.29, 0.717) is 6.42 Å². The van der Waals surface area contributed by atoms with Crippen molar-refractivity contribution in [1.29, 1.82) is 0 Å². The van der Waals surface area contributed by atoms with Crippen LogP contribution < -0.4 is 9.64 Å². The van der Waals surface area contributed by atoms with Crippen molar-refractivity contribution in [2.75, 3.05) is 25.6 Å². The molecule has 0 amide bonds. The van der Waals surface area contributed by atoms with E-state index in [1.807, 2.05) is 20.0 Å². The lowest BCUT2D eigenvalue weighted by Crippen LogP contribution is -2.21. The number of benzene rings is 1. The highest BCUT2D eigenvalue weighted by Gasteiger charge is 2.14. The predicted molar refractivity (Wildman–Crippen MR) is 77.3 cm³/mol. The maximum Gasteiger partial charge on any atom is 0.303 e. The first-order valence-electron chi connectivity index (χ1n) is 6.46. The van der Waals surface area contributed by atoms with Gasteiger partial charge in [-0.05, 0) is 49.9 Å². The quantitative estimate of drug-likeness (QED) is 0.859. The SMILES string of the molecule is COc1cc(C)c(N(C)CCCC(=O)O)c(C)c1C. The molecule has 0 spiro atoms. The number of ether oxygens (including phenoxy) is 1. The van der Waals surface area contributed by atoms with Crippen molar-refractivity contribution in [3.63, 3.8) is 0 Å². The smallest absolute Gasteiger partial charge is 0.303 e. The highest BCUT2D eigenvalue weighted by molar-refractivity contribution is 5.67. The summed E-state index contributed by atoms with van der Waals surface area (Å²) >= 11 is 0. The summed E-state index contributed by atoms with van der Waals surface area (Å²) in [6.07, 6.45) is 0.855. The Labute approximate surface area is 115 Å². The highest BCUT2D eigenvalue weighted by Crippen LogP contribution is 2.33. The van der Waals surface area contributed by atoms with E-state index in [2.05, 4.69) is 18.7 Å². The molecule has 4 heteroatoms. The number of carboxylic acids is 1. The molecule has 0 saturated carbocycles. The van der Waals surface area contributed by atoms with Crippen LogP contribution in [0.15, 0.2) is 6.07 Å². The molecule has 1 aromatic rings. The van der Waals surface area contributed by atoms with Crippen LogP contribution in [0.3, 0.4) is 0 Å². The number of anilines is 1. The van der Waals surface area contributed by atoms with Gasteiger partial charge in [-0.1, -0.05) is 0 Å². The zero-order valence-electron chi connectivity index (χ0n) is 12.4. The lowest BCUT2D eigenvalue weighted by atomic mass is 10.0. The number of aryl methyl sites for hydroxylation is 1. The number of carboxylic acid groups (broad SMARTS) is 1. The predicted octanol–water partition coefficient (Wildman–Crippen LogP) is 2.92. The molecule has 0 aliphatic carbocycles. The first-order valence-corrected chi connectivity index (χ1v) is 6.46. The zero-order chi connectivity index (χ0) is 14.6. The summed E-state index contributed by atoms with van der Waals surface area (Å²) in [6, 6.07) is 2.03. The molecule has 0 unspecified atom stereocenters. The normalized spacial score (nSPS) is 10.4. The molecule has 1 rings (SSSR count). The average molecular weight is 265 g/mol. The zero-order valence-corrected chi connectivity index (χ0v) is 12.4. The van der Waals surface area contributed by atoms with Crippen LogP contribution in [0.25, 0.3) is 0 Å². The number of nitrogens with zero attached hydrogens (tertiary/aromatic N) is 1. The molecular formula is C15H23NO3. The van der Waals surface area contributed by atoms with E-state index in [9.17, 15) is 4.79 Å². The van der Waals surface area contributed by atoms with Gasteiger partial charge in [0.15, 0.2) is 0 Å². The Hall–Kier alpha value is -1.71. The van der Waals surface area contributed by atoms with E-state index in [1.54, 1.807) is 7.11 Å². The molecule has 1 N–H and O–H groups in total. The molecule has 0 aliphatic heterocycles. The van der Waals surface area contributed by atoms with Gasteiger partial charge in [-0.3, -0.25) is 4.79 Å². The second kappa shape index (κ2) is 6.45. The van der Waals surface area contributed by atoms with E-state index in [0.717, 1.165) is 23.4 Å². The summed E-state index contributed by atoms with van der Waals surface area (Å²) in [5, 5.41) is 8.68. The van der Waals surface area contributed by atoms with E-state index >= 15 is 0 Å². The number of methoxy groups -OCH3 is 1. The molecule has 106 valence electrons. The van der Waals surface area contributed by atoms with Gasteiger partial charge < -0.3 is 14.7 Å². The van der Waals surface area contributed by atoms with Gasteiger partial charge in [-0.25, -0.2) is 0 Å². The van der Waals surface area contributed by atoms with Gasteiger partial charge in [0.25, 0.3) is 0 Å². The summed E-state index contributed by atoms with van der Waals surface area (Å²) in [7, 11) is 3.68. The minimum absolute atomic E-state index is 0.206. The van der Waals surface area contributed by atoms with Gasteiger partial charge in [0, 0.05) is 25.7 Å². The summed E-state index contributed by atoms with van der Waals surface area (Å²) in [6.45, 7) is 6.91. The maximum atomic E-state index is 10.6. The van der Waals surface area contributed by atoms with Crippen molar-refractivity contribution in [2.45, 2.75) is 33.6 Å². The number of aliphatic carboxylic acids is 1. The Kier molecular flexibility index (Phi) is 5.21. The first-order chi connectivity index (χ1) is 8.88. The molecule has 0 aliphatic rings. The van der Waals surface area contributed by atoms with Gasteiger partial charge in [0.05, 0.1) is 7.11 Å². The molecule has 4 nitrogen and oxygen atoms in total. The first kappa shape index (κ1) is 15.3. The Bertz CT molecular complexity index is 469. The average Bonchev–Trinajstić information content (AvgIpc) is 2.33. The largest absolute Gasteiger partial charge is 0.496 e. The van der Waals surface area contributed by atoms with Gasteiger partial charge in [-0.2, -0.15) is 0 Å². The minimum atomic E-state index is -0.743. The Morgan fingerprint density at radius 1 is 1.32 bits per heavy atom. The van der Waals surface area contributed by atoms with Crippen molar-refractivity contribution in [3.8, 4) is 5.75 Å². The summed E-state index contributed by atoms with van der Waals surface area (Å²) in [5.41, 5.74) is 4.64. The van der Waals surface area contributed by atoms with Crippen LogP contribution in [-0.4, -0.2) is 31.8 Å². The van der Waals surface area contributed by atoms with Crippen LogP contribution in [0.2, 0.25) is 0 Å². The van der Waals surface area contributed by atoms with Crippen molar-refractivity contribution in [2.24, 2.45) is 0 Å². The van der Waals surface area contributed by atoms with Gasteiger partial charge in [0.2, 0.25) is 0 Å². The van der Waals surface area contributed by atoms with Crippen LogP contribution in [-0.2, 0) is 4.79 Å². The van der Waals surface area contributed by atoms with Crippen LogP contribution in [0.5, 0.6) is 5.75 Å². The Morgan fingerprint density at radius 2 is 1.95 bits per heavy atom. The van der Waals surface area contributed by atoms with Crippen molar-refractivity contribution < 1.29 is 14.6 Å². The molecule has 0 fully saturated rings. The van der Waals surface area contributed by atoms with Crippen molar-refractivity contribution in [1.82, 2.24) is 0 Å². The van der Waals surface area contributed by atoms with E-state index in [4.69, 9.17) is 9.84 Å². The molecule has 0 heterocycles. The molecule has 0 bridgehead atoms. The number of carbonyl (C=O) groups is 1. The Morgan fingerprint density at radius 3 is 2.47 bits per heavy atom. The summed E-state index contributed by atoms with van der Waals surface area (Å²) in [4.78, 5) is 12.7. The fourth-order valence-electron chi connectivity index (χ4n) is 2.41. The third kappa shape index (κ3) is 3.63. The molecule has 19 heavy (non-hydrogen) atoms. The molecule has 1 aromatic carbocycles. The summed E-state index contributed by atoms with van der Waals surface area (Å²) in [5.74, 6) is 0.158. The van der Waals surface area contributed by atoms with Crippen LogP contribution in [0, 0.1) is 20.8 Å². The monoisotopic (exact) mass is 265 g/mol. The molecule has 0 aromatic heterocycles. The molecule has 0 atom stereocenters. The van der Waals surface area contributed by atoms with E-state index in [-0.39, 0.29) is 6.42 Å². The van der Waals surface area contributed by atoms with E-state index in [1.165, 1.54) is 11.3 Å². The van der Waals surface area contributed by atoms with Gasteiger partial charge in [0.1, 0.15) is 5.75 Å². The van der Waals surface area contributed by atoms with Gasteiger partial charge in [-0.15, -0.1) is 0 Å². The fraction of sp³-hybridized carbons (Fsp3) is 0.533.